The van der Waals surface area contributed by atoms with Gasteiger partial charge in [0.05, 0.1) is 0 Å². The Morgan fingerprint density at radius 2 is 1.93 bits per heavy atom. The maximum absolute atomic E-state index is 5.27. The lowest BCUT2D eigenvalue weighted by Crippen LogP contribution is -2.26. The van der Waals surface area contributed by atoms with E-state index in [0.717, 1.165) is 30.1 Å². The first-order valence-electron chi connectivity index (χ1n) is 5.18. The molecular weight excluding hydrogens is 204 g/mol. The zero-order chi connectivity index (χ0) is 11.1. The molecule has 1 rings (SSSR count). The molecule has 0 amide bonds. The molecule has 0 aliphatic rings. The Labute approximate surface area is 97.3 Å². The van der Waals surface area contributed by atoms with Crippen LogP contribution in [0.15, 0.2) is 30.3 Å². The molecule has 0 spiro atoms. The van der Waals surface area contributed by atoms with Gasteiger partial charge in [-0.15, -0.1) is 0 Å². The van der Waals surface area contributed by atoms with Crippen molar-refractivity contribution >= 4 is 17.2 Å². The first-order valence-corrected chi connectivity index (χ1v) is 5.59. The van der Waals surface area contributed by atoms with E-state index in [0.29, 0.717) is 0 Å². The van der Waals surface area contributed by atoms with Gasteiger partial charge >= 0.3 is 0 Å². The summed E-state index contributed by atoms with van der Waals surface area (Å²) < 4.78 is 0. The SMILES string of the molecule is CN(C)CCCNC(=S)c1ccccc1. The van der Waals surface area contributed by atoms with Crippen LogP contribution in [0.5, 0.6) is 0 Å². The molecule has 0 heterocycles. The van der Waals surface area contributed by atoms with Crippen molar-refractivity contribution in [3.63, 3.8) is 0 Å². The molecule has 0 aliphatic heterocycles. The summed E-state index contributed by atoms with van der Waals surface area (Å²) in [6.07, 6.45) is 1.11. The first-order chi connectivity index (χ1) is 7.20. The number of hydrogen-bond donors (Lipinski definition) is 1. The van der Waals surface area contributed by atoms with E-state index >= 15 is 0 Å². The van der Waals surface area contributed by atoms with E-state index in [9.17, 15) is 0 Å². The Hall–Kier alpha value is -0.930. The highest BCUT2D eigenvalue weighted by Gasteiger charge is 1.98. The van der Waals surface area contributed by atoms with Gasteiger partial charge in [-0.1, -0.05) is 42.5 Å². The molecule has 1 aromatic rings. The molecule has 0 unspecified atom stereocenters. The molecule has 3 heteroatoms. The first kappa shape index (κ1) is 12.1. The number of thiocarbonyl (C=S) groups is 1. The molecule has 2 nitrogen and oxygen atoms in total. The minimum absolute atomic E-state index is 0.842. The summed E-state index contributed by atoms with van der Waals surface area (Å²) in [4.78, 5) is 3.02. The molecule has 1 N–H and O–H groups in total. The van der Waals surface area contributed by atoms with Crippen LogP contribution in [0.4, 0.5) is 0 Å². The molecule has 0 bridgehead atoms. The third-order valence-corrected chi connectivity index (χ3v) is 2.48. The summed E-state index contributed by atoms with van der Waals surface area (Å²) in [5, 5.41) is 3.26. The Morgan fingerprint density at radius 1 is 1.27 bits per heavy atom. The van der Waals surface area contributed by atoms with Gasteiger partial charge in [-0.3, -0.25) is 0 Å². The van der Waals surface area contributed by atoms with E-state index in [1.54, 1.807) is 0 Å². The maximum atomic E-state index is 5.27. The molecule has 0 saturated carbocycles. The van der Waals surface area contributed by atoms with Gasteiger partial charge in [0.15, 0.2) is 0 Å². The van der Waals surface area contributed by atoms with Crippen LogP contribution in [0.25, 0.3) is 0 Å². The van der Waals surface area contributed by atoms with Crippen molar-refractivity contribution in [2.45, 2.75) is 6.42 Å². The van der Waals surface area contributed by atoms with Crippen LogP contribution in [0.2, 0.25) is 0 Å². The number of hydrogen-bond acceptors (Lipinski definition) is 2. The van der Waals surface area contributed by atoms with Crippen molar-refractivity contribution in [1.29, 1.82) is 0 Å². The molecule has 0 fully saturated rings. The molecule has 15 heavy (non-hydrogen) atoms. The Balaban J connectivity index is 2.25. The predicted octanol–water partition coefficient (Wildman–Crippen LogP) is 1.90. The van der Waals surface area contributed by atoms with Crippen LogP contribution in [-0.2, 0) is 0 Å². The number of benzene rings is 1. The molecular formula is C12H18N2S. The van der Waals surface area contributed by atoms with E-state index in [1.165, 1.54) is 0 Å². The minimum Gasteiger partial charge on any atom is -0.376 e. The van der Waals surface area contributed by atoms with Crippen molar-refractivity contribution in [1.82, 2.24) is 10.2 Å². The van der Waals surface area contributed by atoms with Gasteiger partial charge in [0, 0.05) is 12.1 Å². The maximum Gasteiger partial charge on any atom is 0.106 e. The van der Waals surface area contributed by atoms with E-state index in [4.69, 9.17) is 12.2 Å². The summed E-state index contributed by atoms with van der Waals surface area (Å²) in [5.74, 6) is 0. The second kappa shape index (κ2) is 6.53. The van der Waals surface area contributed by atoms with Crippen LogP contribution in [0, 0.1) is 0 Å². The van der Waals surface area contributed by atoms with Gasteiger partial charge in [-0.2, -0.15) is 0 Å². The second-order valence-corrected chi connectivity index (χ2v) is 4.19. The fourth-order valence-corrected chi connectivity index (χ4v) is 1.53. The second-order valence-electron chi connectivity index (χ2n) is 3.78. The normalized spacial score (nSPS) is 10.3. The quantitative estimate of drug-likeness (QED) is 0.605. The fourth-order valence-electron chi connectivity index (χ4n) is 1.29. The lowest BCUT2D eigenvalue weighted by molar-refractivity contribution is 0.400. The van der Waals surface area contributed by atoms with Crippen LogP contribution in [0.1, 0.15) is 12.0 Å². The lowest BCUT2D eigenvalue weighted by Gasteiger charge is -2.11. The Kier molecular flexibility index (Phi) is 5.29. The molecule has 0 saturated heterocycles. The van der Waals surface area contributed by atoms with Gasteiger partial charge in [-0.05, 0) is 27.1 Å². The predicted molar refractivity (Wildman–Crippen MR) is 69.3 cm³/mol. The van der Waals surface area contributed by atoms with E-state index in [-0.39, 0.29) is 0 Å². The van der Waals surface area contributed by atoms with Crippen molar-refractivity contribution in [3.8, 4) is 0 Å². The monoisotopic (exact) mass is 222 g/mol. The fraction of sp³-hybridized carbons (Fsp3) is 0.417. The largest absolute Gasteiger partial charge is 0.376 e. The Morgan fingerprint density at radius 3 is 2.53 bits per heavy atom. The molecule has 0 radical (unpaired) electrons. The van der Waals surface area contributed by atoms with E-state index in [1.807, 2.05) is 30.3 Å². The standard InChI is InChI=1S/C12H18N2S/c1-14(2)10-6-9-13-12(15)11-7-4-3-5-8-11/h3-5,7-8H,6,9-10H2,1-2H3,(H,13,15). The van der Waals surface area contributed by atoms with Crippen LogP contribution >= 0.6 is 12.2 Å². The number of rotatable bonds is 5. The Bertz CT molecular complexity index is 296. The summed E-state index contributed by atoms with van der Waals surface area (Å²) >= 11 is 5.27. The van der Waals surface area contributed by atoms with Crippen molar-refractivity contribution in [2.75, 3.05) is 27.2 Å². The minimum atomic E-state index is 0.842. The molecule has 0 aromatic heterocycles. The molecule has 82 valence electrons. The number of nitrogens with one attached hydrogen (secondary N) is 1. The molecule has 1 aromatic carbocycles. The van der Waals surface area contributed by atoms with Crippen LogP contribution < -0.4 is 5.32 Å². The van der Waals surface area contributed by atoms with Crippen LogP contribution in [-0.4, -0.2) is 37.1 Å². The lowest BCUT2D eigenvalue weighted by atomic mass is 10.2. The van der Waals surface area contributed by atoms with E-state index in [2.05, 4.69) is 24.3 Å². The topological polar surface area (TPSA) is 15.3 Å². The average Bonchev–Trinajstić information content (AvgIpc) is 2.25. The van der Waals surface area contributed by atoms with Crippen molar-refractivity contribution < 1.29 is 0 Å². The van der Waals surface area contributed by atoms with Crippen molar-refractivity contribution in [3.05, 3.63) is 35.9 Å². The van der Waals surface area contributed by atoms with Crippen LogP contribution in [0.3, 0.4) is 0 Å². The smallest absolute Gasteiger partial charge is 0.106 e. The molecule has 0 aliphatic carbocycles. The summed E-state index contributed by atoms with van der Waals surface area (Å²) in [5.41, 5.74) is 1.09. The van der Waals surface area contributed by atoms with Gasteiger partial charge in [-0.25, -0.2) is 0 Å². The zero-order valence-corrected chi connectivity index (χ0v) is 10.2. The third-order valence-electron chi connectivity index (χ3n) is 2.10. The highest BCUT2D eigenvalue weighted by atomic mass is 32.1. The zero-order valence-electron chi connectivity index (χ0n) is 9.36. The third kappa shape index (κ3) is 4.91. The highest BCUT2D eigenvalue weighted by molar-refractivity contribution is 7.80. The average molecular weight is 222 g/mol. The number of nitrogens with zero attached hydrogens (tertiary/aromatic N) is 1. The molecule has 0 atom stereocenters. The van der Waals surface area contributed by atoms with E-state index < -0.39 is 0 Å². The summed E-state index contributed by atoms with van der Waals surface area (Å²) in [7, 11) is 4.16. The van der Waals surface area contributed by atoms with Gasteiger partial charge < -0.3 is 10.2 Å². The van der Waals surface area contributed by atoms with Gasteiger partial charge in [0.1, 0.15) is 4.99 Å². The summed E-state index contributed by atoms with van der Waals surface area (Å²) in [6, 6.07) is 10.1. The van der Waals surface area contributed by atoms with Gasteiger partial charge in [0.2, 0.25) is 0 Å². The van der Waals surface area contributed by atoms with Gasteiger partial charge in [0.25, 0.3) is 0 Å². The summed E-state index contributed by atoms with van der Waals surface area (Å²) in [6.45, 7) is 2.02. The van der Waals surface area contributed by atoms with Crippen molar-refractivity contribution in [2.24, 2.45) is 0 Å². The highest BCUT2D eigenvalue weighted by Crippen LogP contribution is 1.99.